The zero-order chi connectivity index (χ0) is 21.5. The smallest absolute Gasteiger partial charge is 0.326 e. The first kappa shape index (κ1) is 22.1. The highest BCUT2D eigenvalue weighted by Crippen LogP contribution is 2.30. The normalized spacial score (nSPS) is 14.7. The summed E-state index contributed by atoms with van der Waals surface area (Å²) in [5.74, 6) is -2.24. The molecule has 1 aliphatic heterocycles. The third kappa shape index (κ3) is 4.93. The Morgan fingerprint density at radius 1 is 1.10 bits per heavy atom. The molecule has 0 aliphatic carbocycles. The molecule has 1 N–H and O–H groups in total. The van der Waals surface area contributed by atoms with E-state index in [1.807, 2.05) is 24.3 Å². The lowest BCUT2D eigenvalue weighted by atomic mass is 9.97. The minimum Gasteiger partial charge on any atom is -0.465 e. The molecular weight excluding hydrogens is 380 g/mol. The second kappa shape index (κ2) is 10.4. The van der Waals surface area contributed by atoms with Gasteiger partial charge in [0.25, 0.3) is 0 Å². The molecular formula is C24H32N2O4. The number of aromatic nitrogens is 1. The molecule has 0 saturated heterocycles. The minimum absolute atomic E-state index is 0.213. The first-order chi connectivity index (χ1) is 14.6. The molecule has 0 bridgehead atoms. The Labute approximate surface area is 178 Å². The Morgan fingerprint density at radius 3 is 2.47 bits per heavy atom. The first-order valence-corrected chi connectivity index (χ1v) is 10.9. The zero-order valence-corrected chi connectivity index (χ0v) is 18.2. The van der Waals surface area contributed by atoms with Gasteiger partial charge in [0.1, 0.15) is 0 Å². The number of carbonyl (C=O) groups excluding carboxylic acids is 2. The molecule has 6 nitrogen and oxygen atoms in total. The van der Waals surface area contributed by atoms with Gasteiger partial charge in [0.05, 0.1) is 13.2 Å². The number of ether oxygens (including phenoxy) is 2. The second-order valence-corrected chi connectivity index (χ2v) is 7.53. The predicted octanol–water partition coefficient (Wildman–Crippen LogP) is 3.96. The lowest BCUT2D eigenvalue weighted by Gasteiger charge is -2.27. The number of H-pyrrole nitrogens is 1. The predicted molar refractivity (Wildman–Crippen MR) is 117 cm³/mol. The lowest BCUT2D eigenvalue weighted by Crippen LogP contribution is -2.32. The lowest BCUT2D eigenvalue weighted by molar-refractivity contribution is -0.157. The van der Waals surface area contributed by atoms with Crippen molar-refractivity contribution < 1.29 is 19.1 Å². The van der Waals surface area contributed by atoms with Gasteiger partial charge in [-0.1, -0.05) is 36.8 Å². The van der Waals surface area contributed by atoms with Crippen molar-refractivity contribution in [2.45, 2.75) is 46.0 Å². The SMILES string of the molecule is CCOC(=O)C(C(=O)OCC)c1[nH]c2ccccc2c1CCN1CCC=C(CC)C1. The number of esters is 2. The summed E-state index contributed by atoms with van der Waals surface area (Å²) >= 11 is 0. The van der Waals surface area contributed by atoms with Crippen molar-refractivity contribution in [3.63, 3.8) is 0 Å². The van der Waals surface area contributed by atoms with Crippen LogP contribution in [0.25, 0.3) is 10.9 Å². The number of nitrogens with one attached hydrogen (secondary N) is 1. The van der Waals surface area contributed by atoms with Gasteiger partial charge in [0.2, 0.25) is 0 Å². The van der Waals surface area contributed by atoms with Crippen LogP contribution in [-0.2, 0) is 25.5 Å². The molecule has 0 unspecified atom stereocenters. The molecule has 1 aromatic carbocycles. The van der Waals surface area contributed by atoms with Crippen LogP contribution in [0.5, 0.6) is 0 Å². The highest BCUT2D eigenvalue weighted by atomic mass is 16.6. The average molecular weight is 413 g/mol. The van der Waals surface area contributed by atoms with Crippen molar-refractivity contribution >= 4 is 22.8 Å². The van der Waals surface area contributed by atoms with Crippen LogP contribution in [0.4, 0.5) is 0 Å². The molecule has 6 heteroatoms. The molecule has 2 heterocycles. The van der Waals surface area contributed by atoms with Gasteiger partial charge < -0.3 is 14.5 Å². The van der Waals surface area contributed by atoms with Gasteiger partial charge in [-0.05, 0) is 44.7 Å². The Morgan fingerprint density at radius 2 is 1.80 bits per heavy atom. The number of nitrogens with zero attached hydrogens (tertiary/aromatic N) is 1. The molecule has 1 aromatic heterocycles. The van der Waals surface area contributed by atoms with E-state index in [0.29, 0.717) is 5.69 Å². The van der Waals surface area contributed by atoms with Crippen LogP contribution in [0, 0.1) is 0 Å². The summed E-state index contributed by atoms with van der Waals surface area (Å²) in [4.78, 5) is 31.2. The molecule has 0 atom stereocenters. The summed E-state index contributed by atoms with van der Waals surface area (Å²) in [6.07, 6.45) is 5.22. The Bertz CT molecular complexity index is 897. The van der Waals surface area contributed by atoms with E-state index in [9.17, 15) is 9.59 Å². The topological polar surface area (TPSA) is 71.6 Å². The summed E-state index contributed by atoms with van der Waals surface area (Å²) in [6.45, 7) is 8.96. The van der Waals surface area contributed by atoms with Gasteiger partial charge in [-0.15, -0.1) is 0 Å². The summed E-state index contributed by atoms with van der Waals surface area (Å²) in [5.41, 5.74) is 3.96. The zero-order valence-electron chi connectivity index (χ0n) is 18.2. The summed E-state index contributed by atoms with van der Waals surface area (Å²) in [5, 5.41) is 1.04. The fourth-order valence-corrected chi connectivity index (χ4v) is 4.12. The van der Waals surface area contributed by atoms with Crippen molar-refractivity contribution in [1.82, 2.24) is 9.88 Å². The fourth-order valence-electron chi connectivity index (χ4n) is 4.12. The number of hydrogen-bond acceptors (Lipinski definition) is 5. The molecule has 0 radical (unpaired) electrons. The quantitative estimate of drug-likeness (QED) is 0.383. The maximum atomic E-state index is 12.7. The van der Waals surface area contributed by atoms with Crippen molar-refractivity contribution in [2.75, 3.05) is 32.8 Å². The van der Waals surface area contributed by atoms with E-state index in [-0.39, 0.29) is 13.2 Å². The number of benzene rings is 1. The number of hydrogen-bond donors (Lipinski definition) is 1. The second-order valence-electron chi connectivity index (χ2n) is 7.53. The first-order valence-electron chi connectivity index (χ1n) is 10.9. The Hall–Kier alpha value is -2.60. The maximum Gasteiger partial charge on any atom is 0.326 e. The molecule has 30 heavy (non-hydrogen) atoms. The highest BCUT2D eigenvalue weighted by molar-refractivity contribution is 6.02. The van der Waals surface area contributed by atoms with Crippen LogP contribution in [0.1, 0.15) is 50.8 Å². The fraction of sp³-hybridized carbons (Fsp3) is 0.500. The Kier molecular flexibility index (Phi) is 7.69. The minimum atomic E-state index is -1.10. The van der Waals surface area contributed by atoms with Crippen LogP contribution in [0.3, 0.4) is 0 Å². The largest absolute Gasteiger partial charge is 0.465 e. The van der Waals surface area contributed by atoms with E-state index in [4.69, 9.17) is 9.47 Å². The van der Waals surface area contributed by atoms with E-state index >= 15 is 0 Å². The van der Waals surface area contributed by atoms with Gasteiger partial charge >= 0.3 is 11.9 Å². The molecule has 162 valence electrons. The summed E-state index contributed by atoms with van der Waals surface area (Å²) < 4.78 is 10.4. The van der Waals surface area contributed by atoms with Crippen LogP contribution in [0.15, 0.2) is 35.9 Å². The van der Waals surface area contributed by atoms with Gasteiger partial charge in [0.15, 0.2) is 5.92 Å². The number of fused-ring (bicyclic) bond motifs is 1. The molecule has 0 amide bonds. The number of para-hydroxylation sites is 1. The third-order valence-electron chi connectivity index (χ3n) is 5.62. The number of rotatable bonds is 9. The van der Waals surface area contributed by atoms with Crippen LogP contribution >= 0.6 is 0 Å². The van der Waals surface area contributed by atoms with E-state index in [0.717, 1.165) is 55.4 Å². The number of carbonyl (C=O) groups is 2. The number of aromatic amines is 1. The van der Waals surface area contributed by atoms with E-state index < -0.39 is 17.9 Å². The van der Waals surface area contributed by atoms with Crippen LogP contribution < -0.4 is 0 Å². The van der Waals surface area contributed by atoms with Gasteiger partial charge in [-0.3, -0.25) is 14.5 Å². The molecule has 3 rings (SSSR count). The van der Waals surface area contributed by atoms with Crippen molar-refractivity contribution in [1.29, 1.82) is 0 Å². The maximum absolute atomic E-state index is 12.7. The molecule has 0 spiro atoms. The van der Waals surface area contributed by atoms with Crippen molar-refractivity contribution in [3.8, 4) is 0 Å². The van der Waals surface area contributed by atoms with Crippen LogP contribution in [0.2, 0.25) is 0 Å². The highest BCUT2D eigenvalue weighted by Gasteiger charge is 2.35. The Balaban J connectivity index is 1.94. The van der Waals surface area contributed by atoms with Gasteiger partial charge in [-0.25, -0.2) is 0 Å². The summed E-state index contributed by atoms with van der Waals surface area (Å²) in [6, 6.07) is 7.92. The van der Waals surface area contributed by atoms with E-state index in [1.165, 1.54) is 5.57 Å². The van der Waals surface area contributed by atoms with Crippen LogP contribution in [-0.4, -0.2) is 54.7 Å². The third-order valence-corrected chi connectivity index (χ3v) is 5.62. The van der Waals surface area contributed by atoms with Gasteiger partial charge in [-0.2, -0.15) is 0 Å². The molecule has 0 saturated carbocycles. The summed E-state index contributed by atoms with van der Waals surface area (Å²) in [7, 11) is 0. The van der Waals surface area contributed by atoms with Gasteiger partial charge in [0, 0.05) is 36.2 Å². The molecule has 1 aliphatic rings. The van der Waals surface area contributed by atoms with E-state index in [2.05, 4.69) is 22.9 Å². The van der Waals surface area contributed by atoms with Crippen molar-refractivity contribution in [3.05, 3.63) is 47.2 Å². The average Bonchev–Trinajstić information content (AvgIpc) is 3.11. The standard InChI is InChI=1S/C24H32N2O4/c1-4-17-10-9-14-26(16-17)15-13-19-18-11-7-8-12-20(18)25-22(19)21(23(27)29-5-2)24(28)30-6-3/h7-8,10-12,21,25H,4-6,9,13-16H2,1-3H3. The molecule has 2 aromatic rings. The van der Waals surface area contributed by atoms with E-state index in [1.54, 1.807) is 13.8 Å². The monoisotopic (exact) mass is 412 g/mol. The van der Waals surface area contributed by atoms with Crippen molar-refractivity contribution in [2.24, 2.45) is 0 Å². The molecule has 0 fully saturated rings.